The molecule has 0 amide bonds. The van der Waals surface area contributed by atoms with Gasteiger partial charge in [0.1, 0.15) is 6.42 Å². The van der Waals surface area contributed by atoms with Crippen LogP contribution in [0.15, 0.2) is 41.0 Å². The van der Waals surface area contributed by atoms with Crippen LogP contribution in [0.25, 0.3) is 0 Å². The molecule has 0 saturated heterocycles. The van der Waals surface area contributed by atoms with Crippen LogP contribution >= 0.6 is 0 Å². The minimum atomic E-state index is -4.85. The molecule has 0 saturated carbocycles. The Hall–Kier alpha value is -3.00. The number of carbonyl (C=O) groups is 1. The van der Waals surface area contributed by atoms with E-state index < -0.39 is 29.2 Å². The van der Waals surface area contributed by atoms with Gasteiger partial charge in [-0.05, 0) is 30.3 Å². The number of furan rings is 1. The second-order valence-corrected chi connectivity index (χ2v) is 4.67. The summed E-state index contributed by atoms with van der Waals surface area (Å²) < 4.78 is 78.2. The van der Waals surface area contributed by atoms with Gasteiger partial charge in [0, 0.05) is 5.69 Å². The molecular weight excluding hydrogens is 368 g/mol. The lowest BCUT2D eigenvalue weighted by molar-refractivity contribution is -0.143. The number of carbonyl (C=O) groups excluding carboxylic acids is 1. The Morgan fingerprint density at radius 3 is 2.00 bits per heavy atom. The summed E-state index contributed by atoms with van der Waals surface area (Å²) in [6, 6.07) is 5.92. The SMILES string of the molecule is N#CCC(=O)c1ccco1.NNc1cc(C(F)(F)F)cc(C(F)(F)F)c1. The lowest BCUT2D eigenvalue weighted by Gasteiger charge is -2.13. The minimum absolute atomic E-state index is 0.0286. The average Bonchev–Trinajstić information content (AvgIpc) is 3.08. The Bertz CT molecular complexity index is 744. The maximum Gasteiger partial charge on any atom is 0.416 e. The van der Waals surface area contributed by atoms with Crippen LogP contribution in [0, 0.1) is 11.3 Å². The number of hydrazine groups is 1. The number of ketones is 1. The predicted molar refractivity (Wildman–Crippen MR) is 77.5 cm³/mol. The zero-order valence-corrected chi connectivity index (χ0v) is 12.8. The molecule has 11 heteroatoms. The van der Waals surface area contributed by atoms with Crippen molar-refractivity contribution in [2.45, 2.75) is 18.8 Å². The largest absolute Gasteiger partial charge is 0.461 e. The van der Waals surface area contributed by atoms with Crippen LogP contribution in [0.1, 0.15) is 28.1 Å². The molecule has 5 nitrogen and oxygen atoms in total. The van der Waals surface area contributed by atoms with Crippen molar-refractivity contribution in [3.63, 3.8) is 0 Å². The van der Waals surface area contributed by atoms with E-state index in [9.17, 15) is 31.1 Å². The number of benzene rings is 1. The van der Waals surface area contributed by atoms with Crippen molar-refractivity contribution in [2.24, 2.45) is 5.84 Å². The first-order chi connectivity index (χ1) is 12.0. The van der Waals surface area contributed by atoms with Crippen LogP contribution in [0.3, 0.4) is 0 Å². The van der Waals surface area contributed by atoms with Crippen molar-refractivity contribution < 1.29 is 35.6 Å². The molecule has 2 rings (SSSR count). The molecule has 0 aliphatic heterocycles. The highest BCUT2D eigenvalue weighted by atomic mass is 19.4. The summed E-state index contributed by atoms with van der Waals surface area (Å²) in [4.78, 5) is 10.8. The van der Waals surface area contributed by atoms with E-state index in [0.29, 0.717) is 12.1 Å². The van der Waals surface area contributed by atoms with Gasteiger partial charge >= 0.3 is 12.4 Å². The molecule has 0 radical (unpaired) electrons. The molecule has 1 aromatic carbocycles. The summed E-state index contributed by atoms with van der Waals surface area (Å²) in [5, 5.41) is 8.12. The van der Waals surface area contributed by atoms with E-state index in [2.05, 4.69) is 0 Å². The first-order valence-electron chi connectivity index (χ1n) is 6.68. The van der Waals surface area contributed by atoms with E-state index >= 15 is 0 Å². The van der Waals surface area contributed by atoms with Crippen LogP contribution in [0.4, 0.5) is 32.0 Å². The molecule has 0 spiro atoms. The lowest BCUT2D eigenvalue weighted by Crippen LogP contribution is -2.14. The highest BCUT2D eigenvalue weighted by Crippen LogP contribution is 2.37. The molecular formula is C15H11F6N3O2. The molecule has 0 aliphatic rings. The average molecular weight is 379 g/mol. The van der Waals surface area contributed by atoms with Gasteiger partial charge in [-0.3, -0.25) is 10.6 Å². The third-order valence-corrected chi connectivity index (χ3v) is 2.79. The van der Waals surface area contributed by atoms with E-state index in [1.165, 1.54) is 6.26 Å². The fraction of sp³-hybridized carbons (Fsp3) is 0.200. The van der Waals surface area contributed by atoms with Crippen molar-refractivity contribution >= 4 is 11.5 Å². The molecule has 0 atom stereocenters. The monoisotopic (exact) mass is 379 g/mol. The number of rotatable bonds is 3. The summed E-state index contributed by atoms with van der Waals surface area (Å²) in [7, 11) is 0. The van der Waals surface area contributed by atoms with E-state index in [4.69, 9.17) is 15.5 Å². The van der Waals surface area contributed by atoms with Gasteiger partial charge in [0.05, 0.1) is 23.5 Å². The molecule has 26 heavy (non-hydrogen) atoms. The number of nitrogen functional groups attached to an aromatic ring is 1. The number of nitrogens with zero attached hydrogens (tertiary/aromatic N) is 1. The van der Waals surface area contributed by atoms with E-state index in [1.807, 2.05) is 0 Å². The zero-order valence-electron chi connectivity index (χ0n) is 12.8. The minimum Gasteiger partial charge on any atom is -0.461 e. The highest BCUT2D eigenvalue weighted by molar-refractivity contribution is 5.94. The standard InChI is InChI=1S/C8H6F6N2.C7H5NO2/c9-7(10,11)4-1-5(8(12,13)14)3-6(2-4)16-15;8-4-3-6(9)7-2-1-5-10-7/h1-3,16H,15H2;1-2,5H,3H2. The zero-order chi connectivity index (χ0) is 20.0. The number of nitriles is 1. The Morgan fingerprint density at radius 1 is 1.12 bits per heavy atom. The molecule has 140 valence electrons. The molecule has 0 aliphatic carbocycles. The summed E-state index contributed by atoms with van der Waals surface area (Å²) in [6.07, 6.45) is -8.42. The van der Waals surface area contributed by atoms with Crippen molar-refractivity contribution in [2.75, 3.05) is 5.43 Å². The number of alkyl halides is 6. The third kappa shape index (κ3) is 6.14. The van der Waals surface area contributed by atoms with Crippen LogP contribution in [-0.4, -0.2) is 5.78 Å². The smallest absolute Gasteiger partial charge is 0.416 e. The van der Waals surface area contributed by atoms with Gasteiger partial charge in [-0.1, -0.05) is 0 Å². The van der Waals surface area contributed by atoms with Gasteiger partial charge in [-0.2, -0.15) is 31.6 Å². The summed E-state index contributed by atoms with van der Waals surface area (Å²) in [6.45, 7) is 0. The molecule has 1 aromatic heterocycles. The van der Waals surface area contributed by atoms with Gasteiger partial charge < -0.3 is 9.84 Å². The second kappa shape index (κ2) is 8.39. The number of Topliss-reactive ketones (excluding diaryl/α,β-unsaturated/α-hetero) is 1. The number of hydrogen-bond donors (Lipinski definition) is 2. The second-order valence-electron chi connectivity index (χ2n) is 4.67. The van der Waals surface area contributed by atoms with Crippen LogP contribution in [0.2, 0.25) is 0 Å². The number of anilines is 1. The fourth-order valence-electron chi connectivity index (χ4n) is 1.63. The Labute approximate surface area is 143 Å². The number of halogens is 6. The summed E-state index contributed by atoms with van der Waals surface area (Å²) >= 11 is 0. The lowest BCUT2D eigenvalue weighted by atomic mass is 10.1. The predicted octanol–water partition coefficient (Wildman–Crippen LogP) is 4.39. The van der Waals surface area contributed by atoms with Crippen molar-refractivity contribution in [1.29, 1.82) is 5.26 Å². The van der Waals surface area contributed by atoms with Gasteiger partial charge in [0.15, 0.2) is 5.76 Å². The van der Waals surface area contributed by atoms with Crippen LogP contribution in [-0.2, 0) is 12.4 Å². The van der Waals surface area contributed by atoms with E-state index in [1.54, 1.807) is 23.6 Å². The Kier molecular flexibility index (Phi) is 6.79. The highest BCUT2D eigenvalue weighted by Gasteiger charge is 2.36. The number of nitrogens with one attached hydrogen (secondary N) is 1. The maximum absolute atomic E-state index is 12.2. The molecule has 0 fully saturated rings. The van der Waals surface area contributed by atoms with Crippen molar-refractivity contribution in [3.05, 3.63) is 53.5 Å². The van der Waals surface area contributed by atoms with Crippen LogP contribution in [0.5, 0.6) is 0 Å². The van der Waals surface area contributed by atoms with Gasteiger partial charge in [-0.15, -0.1) is 0 Å². The van der Waals surface area contributed by atoms with Crippen LogP contribution < -0.4 is 11.3 Å². The number of hydrogen-bond acceptors (Lipinski definition) is 5. The van der Waals surface area contributed by atoms with E-state index in [0.717, 1.165) is 0 Å². The Morgan fingerprint density at radius 2 is 1.65 bits per heavy atom. The Balaban J connectivity index is 0.000000289. The topological polar surface area (TPSA) is 92.0 Å². The number of nitrogens with two attached hydrogens (primary N) is 1. The van der Waals surface area contributed by atoms with E-state index in [-0.39, 0.29) is 24.0 Å². The molecule has 1 heterocycles. The van der Waals surface area contributed by atoms with Gasteiger partial charge in [-0.25, -0.2) is 0 Å². The maximum atomic E-state index is 12.2. The molecule has 0 unspecified atom stereocenters. The molecule has 2 aromatic rings. The first-order valence-corrected chi connectivity index (χ1v) is 6.68. The quantitative estimate of drug-likeness (QED) is 0.357. The first kappa shape index (κ1) is 21.0. The van der Waals surface area contributed by atoms with Gasteiger partial charge in [0.2, 0.25) is 5.78 Å². The fourth-order valence-corrected chi connectivity index (χ4v) is 1.63. The molecule has 3 N–H and O–H groups in total. The summed E-state index contributed by atoms with van der Waals surface area (Å²) in [5.74, 6) is 4.77. The molecule has 0 bridgehead atoms. The summed E-state index contributed by atoms with van der Waals surface area (Å²) in [5.41, 5.74) is -1.52. The van der Waals surface area contributed by atoms with Crippen molar-refractivity contribution in [3.8, 4) is 6.07 Å². The van der Waals surface area contributed by atoms with Crippen molar-refractivity contribution in [1.82, 2.24) is 0 Å². The third-order valence-electron chi connectivity index (χ3n) is 2.79. The van der Waals surface area contributed by atoms with Gasteiger partial charge in [0.25, 0.3) is 0 Å². The normalized spacial score (nSPS) is 11.2.